The average molecular weight is 369 g/mol. The third-order valence-corrected chi connectivity index (χ3v) is 3.69. The third-order valence-electron chi connectivity index (χ3n) is 3.69. The highest BCUT2D eigenvalue weighted by atomic mass is 16.5. The van der Waals surface area contributed by atoms with Gasteiger partial charge in [0.05, 0.1) is 0 Å². The zero-order valence-electron chi connectivity index (χ0n) is 14.5. The molecule has 0 aliphatic heterocycles. The monoisotopic (exact) mass is 369 g/mol. The summed E-state index contributed by atoms with van der Waals surface area (Å²) in [5, 5.41) is 11.1. The van der Waals surface area contributed by atoms with Crippen LogP contribution in [0.15, 0.2) is 60.7 Å². The lowest BCUT2D eigenvalue weighted by atomic mass is 9.99. The number of benzene rings is 2. The van der Waals surface area contributed by atoms with Crippen molar-refractivity contribution in [2.24, 2.45) is 0 Å². The Kier molecular flexibility index (Phi) is 7.25. The van der Waals surface area contributed by atoms with E-state index in [1.54, 1.807) is 54.6 Å². The van der Waals surface area contributed by atoms with Crippen LogP contribution < -0.4 is 5.32 Å². The van der Waals surface area contributed by atoms with Crippen LogP contribution in [0.4, 0.5) is 4.79 Å². The Morgan fingerprint density at radius 1 is 0.889 bits per heavy atom. The molecule has 0 bridgehead atoms. The predicted molar refractivity (Wildman–Crippen MR) is 96.0 cm³/mol. The Balaban J connectivity index is 2.04. The van der Waals surface area contributed by atoms with Gasteiger partial charge in [0.1, 0.15) is 19.1 Å². The summed E-state index contributed by atoms with van der Waals surface area (Å²) in [4.78, 5) is 46.9. The van der Waals surface area contributed by atoms with E-state index < -0.39 is 36.1 Å². The van der Waals surface area contributed by atoms with Gasteiger partial charge in [-0.15, -0.1) is 0 Å². The molecule has 0 radical (unpaired) electrons. The predicted octanol–water partition coefficient (Wildman–Crippen LogP) is 2.14. The smallest absolute Gasteiger partial charge is 0.408 e. The summed E-state index contributed by atoms with van der Waals surface area (Å²) in [7, 11) is 0. The first-order valence-electron chi connectivity index (χ1n) is 8.25. The lowest BCUT2D eigenvalue weighted by molar-refractivity contribution is -0.145. The molecule has 2 rings (SSSR count). The molecule has 1 amide bonds. The van der Waals surface area contributed by atoms with Crippen molar-refractivity contribution >= 4 is 23.6 Å². The van der Waals surface area contributed by atoms with Crippen LogP contribution in [0.1, 0.15) is 17.5 Å². The molecule has 0 saturated carbocycles. The number of ketones is 2. The maximum absolute atomic E-state index is 12.3. The van der Waals surface area contributed by atoms with Crippen molar-refractivity contribution in [3.8, 4) is 0 Å². The quantitative estimate of drug-likeness (QED) is 0.518. The highest BCUT2D eigenvalue weighted by molar-refractivity contribution is 6.41. The topological polar surface area (TPSA) is 110 Å². The normalized spacial score (nSPS) is 11.3. The van der Waals surface area contributed by atoms with Crippen LogP contribution >= 0.6 is 0 Å². The van der Waals surface area contributed by atoms with Gasteiger partial charge in [-0.25, -0.2) is 4.79 Å². The molecule has 2 N–H and O–H groups in total. The minimum absolute atomic E-state index is 0.00198. The zero-order chi connectivity index (χ0) is 19.6. The molecular weight excluding hydrogens is 350 g/mol. The first kappa shape index (κ1) is 19.8. The largest absolute Gasteiger partial charge is 0.481 e. The number of Topliss-reactive ketones (excluding diaryl/α,β-unsaturated/α-hetero) is 2. The molecule has 7 nitrogen and oxygen atoms in total. The summed E-state index contributed by atoms with van der Waals surface area (Å²) in [6.07, 6.45) is -1.74. The number of carboxylic acids is 1. The van der Waals surface area contributed by atoms with Gasteiger partial charge in [0.15, 0.2) is 0 Å². The van der Waals surface area contributed by atoms with Crippen molar-refractivity contribution in [2.75, 3.05) is 0 Å². The summed E-state index contributed by atoms with van der Waals surface area (Å²) in [6.45, 7) is 0.00198. The van der Waals surface area contributed by atoms with Gasteiger partial charge in [-0.2, -0.15) is 0 Å². The number of nitrogens with one attached hydrogen (secondary N) is 1. The Labute approximate surface area is 156 Å². The zero-order valence-corrected chi connectivity index (χ0v) is 14.5. The second kappa shape index (κ2) is 9.86. The summed E-state index contributed by atoms with van der Waals surface area (Å²) >= 11 is 0. The fourth-order valence-corrected chi connectivity index (χ4v) is 2.38. The molecule has 0 fully saturated rings. The molecule has 2 aromatic rings. The van der Waals surface area contributed by atoms with Crippen molar-refractivity contribution in [3.63, 3.8) is 0 Å². The van der Waals surface area contributed by atoms with Crippen molar-refractivity contribution in [2.45, 2.75) is 25.5 Å². The van der Waals surface area contributed by atoms with Crippen molar-refractivity contribution in [3.05, 3.63) is 71.8 Å². The van der Waals surface area contributed by atoms with E-state index in [4.69, 9.17) is 9.84 Å². The van der Waals surface area contributed by atoms with E-state index in [1.807, 2.05) is 6.07 Å². The van der Waals surface area contributed by atoms with Crippen molar-refractivity contribution < 1.29 is 29.0 Å². The second-order valence-corrected chi connectivity index (χ2v) is 5.81. The minimum atomic E-state index is -1.40. The molecule has 0 aliphatic carbocycles. The van der Waals surface area contributed by atoms with E-state index in [9.17, 15) is 19.2 Å². The summed E-state index contributed by atoms with van der Waals surface area (Å²) in [5.74, 6) is -3.46. The number of carboxylic acid groups (broad SMARTS) is 1. The Morgan fingerprint density at radius 2 is 1.44 bits per heavy atom. The van der Waals surface area contributed by atoms with Gasteiger partial charge in [-0.1, -0.05) is 60.7 Å². The number of ether oxygens (including phenoxy) is 1. The lowest BCUT2D eigenvalue weighted by Crippen LogP contribution is -2.45. The Bertz CT molecular complexity index is 804. The molecule has 27 heavy (non-hydrogen) atoms. The molecule has 0 aromatic heterocycles. The van der Waals surface area contributed by atoms with Crippen LogP contribution in [0.2, 0.25) is 0 Å². The Hall–Kier alpha value is -3.48. The Morgan fingerprint density at radius 3 is 2.00 bits per heavy atom. The third kappa shape index (κ3) is 6.74. The summed E-state index contributed by atoms with van der Waals surface area (Å²) in [6, 6.07) is 16.5. The van der Waals surface area contributed by atoms with Gasteiger partial charge in [0.2, 0.25) is 11.6 Å². The van der Waals surface area contributed by atoms with Crippen LogP contribution in [0.25, 0.3) is 0 Å². The van der Waals surface area contributed by atoms with Gasteiger partial charge < -0.3 is 15.2 Å². The fraction of sp³-hybridized carbons (Fsp3) is 0.200. The molecular formula is C20H19NO6. The molecule has 0 spiro atoms. The van der Waals surface area contributed by atoms with E-state index in [0.717, 1.165) is 5.56 Å². The standard InChI is InChI=1S/C20H19NO6/c22-17(12-18(23)24)19(25)16(11-14-7-3-1-4-8-14)21-20(26)27-13-15-9-5-2-6-10-15/h1-10,16H,11-13H2,(H,21,26)(H,23,24). The SMILES string of the molecule is O=C(O)CC(=O)C(=O)C(Cc1ccccc1)NC(=O)OCc1ccccc1. The van der Waals surface area contributed by atoms with Crippen LogP contribution in [-0.2, 0) is 32.1 Å². The molecule has 0 heterocycles. The van der Waals surface area contributed by atoms with Crippen molar-refractivity contribution in [1.29, 1.82) is 0 Å². The van der Waals surface area contributed by atoms with Gasteiger partial charge >= 0.3 is 12.1 Å². The lowest BCUT2D eigenvalue weighted by Gasteiger charge is -2.17. The van der Waals surface area contributed by atoms with Crippen LogP contribution in [0.3, 0.4) is 0 Å². The average Bonchev–Trinajstić information content (AvgIpc) is 2.66. The number of rotatable bonds is 9. The van der Waals surface area contributed by atoms with Gasteiger partial charge in [-0.05, 0) is 11.1 Å². The minimum Gasteiger partial charge on any atom is -0.481 e. The highest BCUT2D eigenvalue weighted by Gasteiger charge is 2.28. The number of alkyl carbamates (subject to hydrolysis) is 1. The molecule has 0 aliphatic rings. The van der Waals surface area contributed by atoms with Crippen molar-refractivity contribution in [1.82, 2.24) is 5.32 Å². The van der Waals surface area contributed by atoms with Crippen LogP contribution in [0.5, 0.6) is 0 Å². The van der Waals surface area contributed by atoms with E-state index in [1.165, 1.54) is 0 Å². The van der Waals surface area contributed by atoms with E-state index in [2.05, 4.69) is 5.32 Å². The molecule has 7 heteroatoms. The van der Waals surface area contributed by atoms with Gasteiger partial charge in [0, 0.05) is 6.42 Å². The number of carbonyl (C=O) groups excluding carboxylic acids is 3. The number of carbonyl (C=O) groups is 4. The maximum atomic E-state index is 12.3. The number of amides is 1. The molecule has 140 valence electrons. The number of hydrogen-bond acceptors (Lipinski definition) is 5. The first-order valence-corrected chi connectivity index (χ1v) is 8.25. The van der Waals surface area contributed by atoms with E-state index in [0.29, 0.717) is 5.56 Å². The number of hydrogen-bond donors (Lipinski definition) is 2. The molecule has 0 saturated heterocycles. The van der Waals surface area contributed by atoms with E-state index >= 15 is 0 Å². The summed E-state index contributed by atoms with van der Waals surface area (Å²) in [5.41, 5.74) is 1.47. The number of aliphatic carboxylic acids is 1. The first-order chi connectivity index (χ1) is 13.0. The maximum Gasteiger partial charge on any atom is 0.408 e. The fourth-order valence-electron chi connectivity index (χ4n) is 2.38. The molecule has 2 aromatic carbocycles. The second-order valence-electron chi connectivity index (χ2n) is 5.81. The van der Waals surface area contributed by atoms with E-state index in [-0.39, 0.29) is 13.0 Å². The molecule has 1 atom stereocenters. The van der Waals surface area contributed by atoms with Crippen LogP contribution in [-0.4, -0.2) is 34.8 Å². The summed E-state index contributed by atoms with van der Waals surface area (Å²) < 4.78 is 5.08. The van der Waals surface area contributed by atoms with Gasteiger partial charge in [-0.3, -0.25) is 14.4 Å². The van der Waals surface area contributed by atoms with Gasteiger partial charge in [0.25, 0.3) is 0 Å². The highest BCUT2D eigenvalue weighted by Crippen LogP contribution is 2.07. The van der Waals surface area contributed by atoms with Crippen LogP contribution in [0, 0.1) is 0 Å². The molecule has 1 unspecified atom stereocenters.